The zero-order valence-corrected chi connectivity index (χ0v) is 12.6. The van der Waals surface area contributed by atoms with Gasteiger partial charge in [-0.1, -0.05) is 17.7 Å². The number of halogens is 1. The number of thiophene rings is 1. The minimum Gasteiger partial charge on any atom is -0.397 e. The van der Waals surface area contributed by atoms with E-state index < -0.39 is 0 Å². The molecule has 0 unspecified atom stereocenters. The molecule has 0 saturated carbocycles. The Hall–Kier alpha value is -1.79. The van der Waals surface area contributed by atoms with Crippen LogP contribution >= 0.6 is 22.9 Å². The van der Waals surface area contributed by atoms with E-state index >= 15 is 0 Å². The summed E-state index contributed by atoms with van der Waals surface area (Å²) in [7, 11) is 3.08. The van der Waals surface area contributed by atoms with Gasteiger partial charge >= 0.3 is 0 Å². The predicted molar refractivity (Wildman–Crippen MR) is 82.3 cm³/mol. The fourth-order valence-corrected chi connectivity index (χ4v) is 3.30. The van der Waals surface area contributed by atoms with E-state index in [0.29, 0.717) is 21.0 Å². The average molecular weight is 312 g/mol. The number of nitrogens with one attached hydrogen (secondary N) is 1. The van der Waals surface area contributed by atoms with Gasteiger partial charge < -0.3 is 16.0 Å². The third-order valence-corrected chi connectivity index (χ3v) is 4.38. The standard InChI is InChI=1S/C13H14ClN3O2S/c1-16-9(18)6-17(2)13(19)12-11(15)10-7(14)4-3-5-8(10)20-12/h3-5H,6,15H2,1-2H3,(H,16,18). The number of hydrogen-bond acceptors (Lipinski definition) is 4. The van der Waals surface area contributed by atoms with E-state index in [0.717, 1.165) is 4.70 Å². The van der Waals surface area contributed by atoms with Gasteiger partial charge in [-0.25, -0.2) is 0 Å². The highest BCUT2D eigenvalue weighted by Gasteiger charge is 2.22. The number of nitrogen functional groups attached to an aromatic ring is 1. The second kappa shape index (κ2) is 5.68. The van der Waals surface area contributed by atoms with Gasteiger partial charge in [0, 0.05) is 24.2 Å². The van der Waals surface area contributed by atoms with E-state index in [-0.39, 0.29) is 18.4 Å². The van der Waals surface area contributed by atoms with Gasteiger partial charge in [0.1, 0.15) is 4.88 Å². The number of benzene rings is 1. The van der Waals surface area contributed by atoms with Crippen LogP contribution in [0.15, 0.2) is 18.2 Å². The number of nitrogens with zero attached hydrogens (tertiary/aromatic N) is 1. The Bertz CT molecular complexity index is 684. The van der Waals surface area contributed by atoms with Gasteiger partial charge in [0.05, 0.1) is 17.3 Å². The summed E-state index contributed by atoms with van der Waals surface area (Å²) in [4.78, 5) is 25.4. The van der Waals surface area contributed by atoms with Crippen molar-refractivity contribution >= 4 is 50.5 Å². The Kier molecular flexibility index (Phi) is 4.15. The number of carbonyl (C=O) groups excluding carboxylic acids is 2. The third kappa shape index (κ3) is 2.57. The number of rotatable bonds is 3. The second-order valence-electron chi connectivity index (χ2n) is 4.29. The van der Waals surface area contributed by atoms with Crippen LogP contribution in [-0.2, 0) is 4.79 Å². The normalized spacial score (nSPS) is 10.6. The number of carbonyl (C=O) groups is 2. The van der Waals surface area contributed by atoms with Crippen molar-refractivity contribution in [3.05, 3.63) is 28.1 Å². The minimum absolute atomic E-state index is 0.0171. The molecule has 1 aromatic heterocycles. The molecule has 0 aliphatic carbocycles. The first-order valence-electron chi connectivity index (χ1n) is 5.88. The van der Waals surface area contributed by atoms with Gasteiger partial charge in [0.2, 0.25) is 5.91 Å². The Labute approximate surface area is 125 Å². The van der Waals surface area contributed by atoms with Gasteiger partial charge in [0.25, 0.3) is 5.91 Å². The van der Waals surface area contributed by atoms with Gasteiger partial charge in [-0.15, -0.1) is 11.3 Å². The summed E-state index contributed by atoms with van der Waals surface area (Å²) in [5, 5.41) is 3.68. The fourth-order valence-electron chi connectivity index (χ4n) is 1.83. The number of fused-ring (bicyclic) bond motifs is 1. The fraction of sp³-hybridized carbons (Fsp3) is 0.231. The maximum atomic E-state index is 12.3. The molecular weight excluding hydrogens is 298 g/mol. The molecule has 106 valence electrons. The SMILES string of the molecule is CNC(=O)CN(C)C(=O)c1sc2cccc(Cl)c2c1N. The molecule has 5 nitrogen and oxygen atoms in total. The molecule has 1 heterocycles. The summed E-state index contributed by atoms with van der Waals surface area (Å²) in [5.74, 6) is -0.526. The van der Waals surface area contributed by atoms with Crippen LogP contribution in [-0.4, -0.2) is 37.4 Å². The van der Waals surface area contributed by atoms with Crippen LogP contribution in [0.5, 0.6) is 0 Å². The van der Waals surface area contributed by atoms with Crippen molar-refractivity contribution < 1.29 is 9.59 Å². The van der Waals surface area contributed by atoms with Gasteiger partial charge in [-0.2, -0.15) is 0 Å². The Balaban J connectivity index is 2.38. The van der Waals surface area contributed by atoms with E-state index in [9.17, 15) is 9.59 Å². The molecule has 0 atom stereocenters. The largest absolute Gasteiger partial charge is 0.397 e. The zero-order chi connectivity index (χ0) is 14.9. The second-order valence-corrected chi connectivity index (χ2v) is 5.75. The summed E-state index contributed by atoms with van der Waals surface area (Å²) in [5.41, 5.74) is 6.38. The lowest BCUT2D eigenvalue weighted by molar-refractivity contribution is -0.121. The van der Waals surface area contributed by atoms with Crippen LogP contribution in [0.1, 0.15) is 9.67 Å². The lowest BCUT2D eigenvalue weighted by Gasteiger charge is -2.15. The summed E-state index contributed by atoms with van der Waals surface area (Å²) in [6.45, 7) is -0.0171. The third-order valence-electron chi connectivity index (χ3n) is 2.90. The summed E-state index contributed by atoms with van der Waals surface area (Å²) in [6.07, 6.45) is 0. The number of amides is 2. The molecule has 0 radical (unpaired) electrons. The van der Waals surface area contributed by atoms with Crippen LogP contribution in [0, 0.1) is 0 Å². The van der Waals surface area contributed by atoms with Crippen LogP contribution < -0.4 is 11.1 Å². The number of anilines is 1. The minimum atomic E-state index is -0.289. The summed E-state index contributed by atoms with van der Waals surface area (Å²) < 4.78 is 0.853. The molecule has 2 rings (SSSR count). The van der Waals surface area contributed by atoms with Crippen molar-refractivity contribution in [3.8, 4) is 0 Å². The molecule has 0 spiro atoms. The number of hydrogen-bond donors (Lipinski definition) is 2. The van der Waals surface area contributed by atoms with E-state index in [4.69, 9.17) is 17.3 Å². The van der Waals surface area contributed by atoms with Crippen molar-refractivity contribution in [2.24, 2.45) is 0 Å². The molecule has 0 aliphatic rings. The topological polar surface area (TPSA) is 75.4 Å². The van der Waals surface area contributed by atoms with Crippen molar-refractivity contribution in [3.63, 3.8) is 0 Å². The maximum absolute atomic E-state index is 12.3. The molecule has 2 aromatic rings. The van der Waals surface area contributed by atoms with Crippen LogP contribution in [0.4, 0.5) is 5.69 Å². The molecular formula is C13H14ClN3O2S. The molecule has 20 heavy (non-hydrogen) atoms. The highest BCUT2D eigenvalue weighted by atomic mass is 35.5. The van der Waals surface area contributed by atoms with Gasteiger partial charge in [0.15, 0.2) is 0 Å². The van der Waals surface area contributed by atoms with Crippen LogP contribution in [0.3, 0.4) is 0 Å². The zero-order valence-electron chi connectivity index (χ0n) is 11.1. The highest BCUT2D eigenvalue weighted by molar-refractivity contribution is 7.21. The Morgan fingerprint density at radius 3 is 2.75 bits per heavy atom. The molecule has 0 fully saturated rings. The van der Waals surface area contributed by atoms with Crippen molar-refractivity contribution in [2.45, 2.75) is 0 Å². The first kappa shape index (κ1) is 14.6. The smallest absolute Gasteiger partial charge is 0.266 e. The first-order valence-corrected chi connectivity index (χ1v) is 7.07. The molecule has 0 saturated heterocycles. The lowest BCUT2D eigenvalue weighted by Crippen LogP contribution is -2.36. The van der Waals surface area contributed by atoms with E-state index in [1.807, 2.05) is 12.1 Å². The number of likely N-dealkylation sites (N-methyl/N-ethyl adjacent to an activating group) is 2. The van der Waals surface area contributed by atoms with E-state index in [2.05, 4.69) is 5.32 Å². The molecule has 0 aliphatic heterocycles. The summed E-state index contributed by atoms with van der Waals surface area (Å²) in [6, 6.07) is 5.40. The maximum Gasteiger partial charge on any atom is 0.266 e. The van der Waals surface area contributed by atoms with Gasteiger partial charge in [-0.05, 0) is 12.1 Å². The highest BCUT2D eigenvalue weighted by Crippen LogP contribution is 2.38. The van der Waals surface area contributed by atoms with Crippen molar-refractivity contribution in [1.29, 1.82) is 0 Å². The average Bonchev–Trinajstić information content (AvgIpc) is 2.76. The van der Waals surface area contributed by atoms with Crippen molar-refractivity contribution in [1.82, 2.24) is 10.2 Å². The number of nitrogens with two attached hydrogens (primary N) is 1. The Morgan fingerprint density at radius 2 is 2.15 bits per heavy atom. The molecule has 0 bridgehead atoms. The van der Waals surface area contributed by atoms with E-state index in [1.54, 1.807) is 13.1 Å². The lowest BCUT2D eigenvalue weighted by atomic mass is 10.2. The molecule has 7 heteroatoms. The van der Waals surface area contributed by atoms with Crippen LogP contribution in [0.2, 0.25) is 5.02 Å². The van der Waals surface area contributed by atoms with Crippen molar-refractivity contribution in [2.75, 3.05) is 26.4 Å². The van der Waals surface area contributed by atoms with Gasteiger partial charge in [-0.3, -0.25) is 9.59 Å². The molecule has 1 aromatic carbocycles. The molecule has 3 N–H and O–H groups in total. The predicted octanol–water partition coefficient (Wildman–Crippen LogP) is 1.95. The summed E-state index contributed by atoms with van der Waals surface area (Å²) >= 11 is 7.38. The van der Waals surface area contributed by atoms with E-state index in [1.165, 1.54) is 23.3 Å². The molecule has 2 amide bonds. The Morgan fingerprint density at radius 1 is 1.45 bits per heavy atom. The quantitative estimate of drug-likeness (QED) is 0.909. The first-order chi connectivity index (χ1) is 9.45. The monoisotopic (exact) mass is 311 g/mol. The van der Waals surface area contributed by atoms with Crippen LogP contribution in [0.25, 0.3) is 10.1 Å².